The highest BCUT2D eigenvalue weighted by Crippen LogP contribution is 2.19. The highest BCUT2D eigenvalue weighted by atomic mass is 32.2. The zero-order valence-corrected chi connectivity index (χ0v) is 10.9. The Hall–Kier alpha value is -0.920. The lowest BCUT2D eigenvalue weighted by Crippen LogP contribution is -2.45. The summed E-state index contributed by atoms with van der Waals surface area (Å²) in [6.45, 7) is 2.70. The molecule has 1 fully saturated rings. The normalized spacial score (nSPS) is 22.9. The van der Waals surface area contributed by atoms with Crippen LogP contribution >= 0.6 is 0 Å². The first-order valence-electron chi connectivity index (χ1n) is 5.67. The Morgan fingerprint density at radius 3 is 2.76 bits per heavy atom. The van der Waals surface area contributed by atoms with Gasteiger partial charge in [0.25, 0.3) is 10.0 Å². The van der Waals surface area contributed by atoms with Crippen LogP contribution < -0.4 is 5.73 Å². The summed E-state index contributed by atoms with van der Waals surface area (Å²) in [5.41, 5.74) is 5.80. The molecule has 0 amide bonds. The molecule has 0 radical (unpaired) electrons. The first-order chi connectivity index (χ1) is 7.91. The van der Waals surface area contributed by atoms with Gasteiger partial charge >= 0.3 is 0 Å². The van der Waals surface area contributed by atoms with Gasteiger partial charge in [-0.15, -0.1) is 0 Å². The number of aromatic nitrogens is 2. The lowest BCUT2D eigenvalue weighted by Gasteiger charge is -2.29. The van der Waals surface area contributed by atoms with Crippen LogP contribution in [0, 0.1) is 6.92 Å². The van der Waals surface area contributed by atoms with E-state index in [2.05, 4.69) is 4.98 Å². The van der Waals surface area contributed by atoms with Crippen molar-refractivity contribution in [2.24, 2.45) is 12.8 Å². The molecule has 2 heterocycles. The largest absolute Gasteiger partial charge is 0.337 e. The molecule has 17 heavy (non-hydrogen) atoms. The van der Waals surface area contributed by atoms with E-state index < -0.39 is 10.0 Å². The van der Waals surface area contributed by atoms with Crippen LogP contribution in [0.15, 0.2) is 11.2 Å². The highest BCUT2D eigenvalue weighted by molar-refractivity contribution is 7.89. The summed E-state index contributed by atoms with van der Waals surface area (Å²) in [7, 11) is -1.69. The van der Waals surface area contributed by atoms with Gasteiger partial charge in [-0.25, -0.2) is 13.4 Å². The molecule has 0 unspecified atom stereocenters. The molecule has 0 aliphatic carbocycles. The smallest absolute Gasteiger partial charge is 0.262 e. The molecular formula is C10H18N4O2S. The molecule has 1 atom stereocenters. The minimum atomic E-state index is -3.48. The third-order valence-corrected chi connectivity index (χ3v) is 4.85. The topological polar surface area (TPSA) is 81.2 Å². The molecule has 0 bridgehead atoms. The first kappa shape index (κ1) is 12.5. The van der Waals surface area contributed by atoms with E-state index in [4.69, 9.17) is 5.73 Å². The van der Waals surface area contributed by atoms with E-state index in [1.165, 1.54) is 4.31 Å². The Labute approximate surface area is 101 Å². The van der Waals surface area contributed by atoms with Crippen molar-refractivity contribution in [3.63, 3.8) is 0 Å². The fourth-order valence-electron chi connectivity index (χ4n) is 1.98. The van der Waals surface area contributed by atoms with Crippen molar-refractivity contribution in [2.75, 3.05) is 13.1 Å². The van der Waals surface area contributed by atoms with Gasteiger partial charge in [0.15, 0.2) is 5.03 Å². The van der Waals surface area contributed by atoms with E-state index in [0.717, 1.165) is 12.8 Å². The minimum Gasteiger partial charge on any atom is -0.337 e. The third-order valence-electron chi connectivity index (χ3n) is 3.11. The number of imidazole rings is 1. The Bertz CT molecular complexity index is 489. The van der Waals surface area contributed by atoms with Crippen molar-refractivity contribution in [1.82, 2.24) is 13.9 Å². The van der Waals surface area contributed by atoms with Crippen LogP contribution in [0.5, 0.6) is 0 Å². The van der Waals surface area contributed by atoms with E-state index in [-0.39, 0.29) is 11.1 Å². The van der Waals surface area contributed by atoms with Gasteiger partial charge < -0.3 is 10.3 Å². The van der Waals surface area contributed by atoms with Crippen molar-refractivity contribution in [2.45, 2.75) is 30.8 Å². The van der Waals surface area contributed by atoms with E-state index in [0.29, 0.717) is 18.9 Å². The first-order valence-corrected chi connectivity index (χ1v) is 7.11. The van der Waals surface area contributed by atoms with Crippen molar-refractivity contribution >= 4 is 10.0 Å². The maximum absolute atomic E-state index is 12.3. The number of nitrogens with two attached hydrogens (primary N) is 1. The fourth-order valence-corrected chi connectivity index (χ4v) is 3.54. The lowest BCUT2D eigenvalue weighted by molar-refractivity contribution is 0.315. The number of hydrogen-bond acceptors (Lipinski definition) is 4. The standard InChI is InChI=1S/C10H18N4O2S/c1-8-12-10(7-13(8)2)17(15,16)14-5-3-4-9(11)6-14/h7,9H,3-6,11H2,1-2H3/t9-/m1/s1. The summed E-state index contributed by atoms with van der Waals surface area (Å²) < 4.78 is 27.7. The lowest BCUT2D eigenvalue weighted by atomic mass is 10.1. The second-order valence-corrected chi connectivity index (χ2v) is 6.39. The van der Waals surface area contributed by atoms with Crippen LogP contribution in [0.25, 0.3) is 0 Å². The summed E-state index contributed by atoms with van der Waals surface area (Å²) in [5.74, 6) is 0.685. The molecular weight excluding hydrogens is 240 g/mol. The summed E-state index contributed by atoms with van der Waals surface area (Å²) in [4.78, 5) is 4.07. The second kappa shape index (κ2) is 4.40. The highest BCUT2D eigenvalue weighted by Gasteiger charge is 2.30. The van der Waals surface area contributed by atoms with Gasteiger partial charge in [0.05, 0.1) is 0 Å². The Morgan fingerprint density at radius 2 is 2.24 bits per heavy atom. The number of aryl methyl sites for hydroxylation is 2. The summed E-state index contributed by atoms with van der Waals surface area (Å²) in [5, 5.41) is 0.117. The molecule has 0 saturated carbocycles. The zero-order chi connectivity index (χ0) is 12.6. The van der Waals surface area contributed by atoms with Crippen molar-refractivity contribution in [1.29, 1.82) is 0 Å². The van der Waals surface area contributed by atoms with Gasteiger partial charge in [0, 0.05) is 32.4 Å². The van der Waals surface area contributed by atoms with Gasteiger partial charge in [0.1, 0.15) is 5.82 Å². The van der Waals surface area contributed by atoms with E-state index in [9.17, 15) is 8.42 Å². The van der Waals surface area contributed by atoms with Crippen molar-refractivity contribution < 1.29 is 8.42 Å². The molecule has 0 spiro atoms. The number of sulfonamides is 1. The molecule has 96 valence electrons. The number of nitrogens with zero attached hydrogens (tertiary/aromatic N) is 3. The Morgan fingerprint density at radius 1 is 1.53 bits per heavy atom. The van der Waals surface area contributed by atoms with E-state index >= 15 is 0 Å². The summed E-state index contributed by atoms with van der Waals surface area (Å²) in [6.07, 6.45) is 3.24. The van der Waals surface area contributed by atoms with Gasteiger partial charge in [-0.2, -0.15) is 4.31 Å². The molecule has 1 saturated heterocycles. The van der Waals surface area contributed by atoms with Gasteiger partial charge in [-0.05, 0) is 19.8 Å². The van der Waals surface area contributed by atoms with Crippen LogP contribution in [0.2, 0.25) is 0 Å². The summed E-state index contributed by atoms with van der Waals surface area (Å²) >= 11 is 0. The average molecular weight is 258 g/mol. The SMILES string of the molecule is Cc1nc(S(=O)(=O)N2CCC[C@@H](N)C2)cn1C. The van der Waals surface area contributed by atoms with Crippen LogP contribution in [0.4, 0.5) is 0 Å². The van der Waals surface area contributed by atoms with Crippen molar-refractivity contribution in [3.05, 3.63) is 12.0 Å². The number of piperidine rings is 1. The van der Waals surface area contributed by atoms with E-state index in [1.54, 1.807) is 24.7 Å². The maximum Gasteiger partial charge on any atom is 0.262 e. The molecule has 1 aromatic rings. The number of hydrogen-bond donors (Lipinski definition) is 1. The average Bonchev–Trinajstić information content (AvgIpc) is 2.60. The predicted molar refractivity (Wildman–Crippen MR) is 63.9 cm³/mol. The fraction of sp³-hybridized carbons (Fsp3) is 0.700. The molecule has 0 aromatic carbocycles. The van der Waals surface area contributed by atoms with Crippen LogP contribution in [0.3, 0.4) is 0 Å². The minimum absolute atomic E-state index is 0.0664. The second-order valence-electron chi connectivity index (χ2n) is 4.50. The predicted octanol–water partition coefficient (Wildman–Crippen LogP) is -0.160. The molecule has 2 rings (SSSR count). The monoisotopic (exact) mass is 258 g/mol. The van der Waals surface area contributed by atoms with Gasteiger partial charge in [-0.1, -0.05) is 0 Å². The number of rotatable bonds is 2. The third kappa shape index (κ3) is 2.36. The Kier molecular flexibility index (Phi) is 3.24. The van der Waals surface area contributed by atoms with Gasteiger partial charge in [-0.3, -0.25) is 0 Å². The summed E-state index contributed by atoms with van der Waals surface area (Å²) in [6, 6.07) is -0.0664. The van der Waals surface area contributed by atoms with Crippen LogP contribution in [-0.4, -0.2) is 41.4 Å². The molecule has 1 aliphatic rings. The van der Waals surface area contributed by atoms with Crippen molar-refractivity contribution in [3.8, 4) is 0 Å². The molecule has 1 aliphatic heterocycles. The molecule has 7 heteroatoms. The van der Waals surface area contributed by atoms with Crippen LogP contribution in [-0.2, 0) is 17.1 Å². The molecule has 1 aromatic heterocycles. The van der Waals surface area contributed by atoms with Crippen LogP contribution in [0.1, 0.15) is 18.7 Å². The van der Waals surface area contributed by atoms with Gasteiger partial charge in [0.2, 0.25) is 0 Å². The maximum atomic E-state index is 12.3. The van der Waals surface area contributed by atoms with E-state index in [1.807, 2.05) is 0 Å². The molecule has 6 nitrogen and oxygen atoms in total. The molecule has 2 N–H and O–H groups in total. The zero-order valence-electron chi connectivity index (χ0n) is 10.1. The Balaban J connectivity index is 2.29. The quantitative estimate of drug-likeness (QED) is 0.799.